The fraction of sp³-hybridized carbons (Fsp3) is 0.273. The molecule has 4 rings (SSSR count). The first kappa shape index (κ1) is 22.9. The number of nitro benzene ring substituents is 1. The van der Waals surface area contributed by atoms with Crippen LogP contribution < -0.4 is 10.2 Å². The van der Waals surface area contributed by atoms with Crippen LogP contribution in [0, 0.1) is 10.1 Å². The van der Waals surface area contributed by atoms with Gasteiger partial charge in [-0.1, -0.05) is 23.9 Å². The number of aromatic nitrogens is 1. The summed E-state index contributed by atoms with van der Waals surface area (Å²) < 4.78 is 25.5. The summed E-state index contributed by atoms with van der Waals surface area (Å²) in [5.41, 5.74) is 1.28. The van der Waals surface area contributed by atoms with Gasteiger partial charge < -0.3 is 10.2 Å². The minimum atomic E-state index is -2.57. The number of rotatable bonds is 7. The molecule has 1 saturated heterocycles. The van der Waals surface area contributed by atoms with E-state index in [1.165, 1.54) is 12.3 Å². The molecular formula is C22H21F2N5O3S. The van der Waals surface area contributed by atoms with Crippen LogP contribution in [0.2, 0.25) is 0 Å². The van der Waals surface area contributed by atoms with Crippen molar-refractivity contribution in [2.45, 2.75) is 10.7 Å². The van der Waals surface area contributed by atoms with Crippen LogP contribution in [-0.4, -0.2) is 59.2 Å². The van der Waals surface area contributed by atoms with Crippen molar-refractivity contribution < 1.29 is 18.5 Å². The number of nitro groups is 1. The molecule has 1 fully saturated rings. The summed E-state index contributed by atoms with van der Waals surface area (Å²) >= 11 is 0.400. The predicted octanol–water partition coefficient (Wildman–Crippen LogP) is 4.22. The summed E-state index contributed by atoms with van der Waals surface area (Å²) in [5, 5.41) is 15.3. The number of amides is 1. The minimum Gasteiger partial charge on any atom is -0.368 e. The van der Waals surface area contributed by atoms with E-state index in [0.29, 0.717) is 53.9 Å². The molecule has 1 aliphatic rings. The van der Waals surface area contributed by atoms with E-state index in [9.17, 15) is 23.7 Å². The van der Waals surface area contributed by atoms with Crippen molar-refractivity contribution in [1.29, 1.82) is 0 Å². The van der Waals surface area contributed by atoms with Gasteiger partial charge in [0.25, 0.3) is 11.4 Å². The van der Waals surface area contributed by atoms with Crippen LogP contribution in [0.4, 0.5) is 25.8 Å². The van der Waals surface area contributed by atoms with Crippen LogP contribution in [-0.2, 0) is 4.79 Å². The Morgan fingerprint density at radius 2 is 1.88 bits per heavy atom. The lowest BCUT2D eigenvalue weighted by Gasteiger charge is -2.36. The van der Waals surface area contributed by atoms with Gasteiger partial charge in [0, 0.05) is 60.6 Å². The van der Waals surface area contributed by atoms with Crippen molar-refractivity contribution in [2.24, 2.45) is 0 Å². The van der Waals surface area contributed by atoms with Gasteiger partial charge in [-0.2, -0.15) is 8.78 Å². The van der Waals surface area contributed by atoms with Crippen molar-refractivity contribution >= 4 is 45.5 Å². The molecule has 0 spiro atoms. The van der Waals surface area contributed by atoms with Crippen molar-refractivity contribution in [2.75, 3.05) is 42.9 Å². The third kappa shape index (κ3) is 5.37. The van der Waals surface area contributed by atoms with E-state index < -0.39 is 10.7 Å². The molecule has 0 bridgehead atoms. The Kier molecular flexibility index (Phi) is 6.99. The largest absolute Gasteiger partial charge is 0.368 e. The normalized spacial score (nSPS) is 14.6. The number of para-hydroxylation sites is 1. The number of non-ortho nitro benzene ring substituents is 1. The lowest BCUT2D eigenvalue weighted by molar-refractivity contribution is -0.383. The van der Waals surface area contributed by atoms with Gasteiger partial charge in [-0.3, -0.25) is 24.8 Å². The zero-order chi connectivity index (χ0) is 23.4. The van der Waals surface area contributed by atoms with Crippen LogP contribution in [0.25, 0.3) is 10.8 Å². The number of benzene rings is 2. The summed E-state index contributed by atoms with van der Waals surface area (Å²) in [7, 11) is 0. The number of halogens is 2. The van der Waals surface area contributed by atoms with E-state index in [1.807, 2.05) is 4.90 Å². The first-order chi connectivity index (χ1) is 15.9. The lowest BCUT2D eigenvalue weighted by Crippen LogP contribution is -2.48. The second-order valence-corrected chi connectivity index (χ2v) is 8.50. The Labute approximate surface area is 192 Å². The number of nitrogens with one attached hydrogen (secondary N) is 1. The zero-order valence-electron chi connectivity index (χ0n) is 17.5. The van der Waals surface area contributed by atoms with Crippen LogP contribution in [0.1, 0.15) is 0 Å². The zero-order valence-corrected chi connectivity index (χ0v) is 18.3. The summed E-state index contributed by atoms with van der Waals surface area (Å²) in [6.07, 6.45) is 3.11. The first-order valence-corrected chi connectivity index (χ1v) is 11.1. The van der Waals surface area contributed by atoms with Gasteiger partial charge in [0.15, 0.2) is 0 Å². The quantitative estimate of drug-likeness (QED) is 0.312. The maximum absolute atomic E-state index is 12.7. The molecule has 2 aromatic carbocycles. The molecule has 8 nitrogen and oxygen atoms in total. The van der Waals surface area contributed by atoms with Gasteiger partial charge in [-0.05, 0) is 24.3 Å². The summed E-state index contributed by atoms with van der Waals surface area (Å²) in [6.45, 7) is 2.65. The Hall–Kier alpha value is -3.31. The third-order valence-corrected chi connectivity index (χ3v) is 6.21. The Bertz CT molecular complexity index is 1170. The van der Waals surface area contributed by atoms with E-state index in [-0.39, 0.29) is 18.1 Å². The summed E-state index contributed by atoms with van der Waals surface area (Å²) in [5.74, 6) is -2.83. The van der Waals surface area contributed by atoms with Crippen molar-refractivity contribution in [3.8, 4) is 0 Å². The van der Waals surface area contributed by atoms with Crippen molar-refractivity contribution in [3.63, 3.8) is 0 Å². The van der Waals surface area contributed by atoms with E-state index >= 15 is 0 Å². The molecule has 1 N–H and O–H groups in total. The lowest BCUT2D eigenvalue weighted by atomic mass is 10.1. The highest BCUT2D eigenvalue weighted by atomic mass is 32.2. The van der Waals surface area contributed by atoms with Gasteiger partial charge in [0.2, 0.25) is 5.91 Å². The molecule has 1 aliphatic heterocycles. The fourth-order valence-corrected chi connectivity index (χ4v) is 4.50. The minimum absolute atomic E-state index is 0.0162. The molecule has 3 aromatic rings. The van der Waals surface area contributed by atoms with Gasteiger partial charge in [0.05, 0.1) is 22.5 Å². The van der Waals surface area contributed by atoms with Crippen molar-refractivity contribution in [3.05, 3.63) is 65.0 Å². The number of carbonyl (C=O) groups is 1. The first-order valence-electron chi connectivity index (χ1n) is 10.2. The van der Waals surface area contributed by atoms with Crippen LogP contribution in [0.5, 0.6) is 0 Å². The molecule has 0 saturated carbocycles. The highest BCUT2D eigenvalue weighted by Gasteiger charge is 2.23. The number of piperazine rings is 1. The number of nitrogens with zero attached hydrogens (tertiary/aromatic N) is 4. The van der Waals surface area contributed by atoms with E-state index in [1.54, 1.807) is 42.6 Å². The molecule has 33 heavy (non-hydrogen) atoms. The van der Waals surface area contributed by atoms with Gasteiger partial charge in [-0.15, -0.1) is 0 Å². The third-order valence-electron chi connectivity index (χ3n) is 5.43. The summed E-state index contributed by atoms with van der Waals surface area (Å²) in [4.78, 5) is 31.9. The van der Waals surface area contributed by atoms with Crippen LogP contribution >= 0.6 is 11.8 Å². The molecule has 0 atom stereocenters. The van der Waals surface area contributed by atoms with Gasteiger partial charge >= 0.3 is 0 Å². The molecule has 2 heterocycles. The second-order valence-electron chi connectivity index (χ2n) is 7.47. The molecule has 0 radical (unpaired) electrons. The standard InChI is InChI=1S/C22H21F2N5O3S/c23-22(24)33-20-4-2-1-3-17(20)26-21(30)14-27-9-11-28(12-10-27)18-5-6-19(29(31)32)16-13-25-8-7-15(16)18/h1-8,13,22H,9-12,14H2,(H,26,30). The Morgan fingerprint density at radius 1 is 1.12 bits per heavy atom. The van der Waals surface area contributed by atoms with E-state index in [0.717, 1.165) is 11.1 Å². The molecule has 1 amide bonds. The average Bonchev–Trinajstić information content (AvgIpc) is 2.80. The number of fused-ring (bicyclic) bond motifs is 1. The Morgan fingerprint density at radius 3 is 2.61 bits per heavy atom. The number of thioether (sulfide) groups is 1. The van der Waals surface area contributed by atoms with Crippen molar-refractivity contribution in [1.82, 2.24) is 9.88 Å². The number of hydrogen-bond acceptors (Lipinski definition) is 7. The van der Waals surface area contributed by atoms with Crippen LogP contribution in [0.15, 0.2) is 59.8 Å². The van der Waals surface area contributed by atoms with Gasteiger partial charge in [0.1, 0.15) is 0 Å². The molecule has 11 heteroatoms. The van der Waals surface area contributed by atoms with E-state index in [4.69, 9.17) is 0 Å². The number of pyridine rings is 1. The molecule has 1 aromatic heterocycles. The average molecular weight is 474 g/mol. The van der Waals surface area contributed by atoms with Crippen LogP contribution in [0.3, 0.4) is 0 Å². The molecule has 172 valence electrons. The second kappa shape index (κ2) is 10.1. The number of anilines is 2. The Balaban J connectivity index is 1.39. The summed E-state index contributed by atoms with van der Waals surface area (Å²) in [6, 6.07) is 11.5. The highest BCUT2D eigenvalue weighted by molar-refractivity contribution is 7.99. The number of carbonyl (C=O) groups excluding carboxylic acids is 1. The topological polar surface area (TPSA) is 91.6 Å². The maximum Gasteiger partial charge on any atom is 0.288 e. The number of hydrogen-bond donors (Lipinski definition) is 1. The monoisotopic (exact) mass is 473 g/mol. The molecule has 0 unspecified atom stereocenters. The molecule has 0 aliphatic carbocycles. The molecular weight excluding hydrogens is 452 g/mol. The predicted molar refractivity (Wildman–Crippen MR) is 124 cm³/mol. The van der Waals surface area contributed by atoms with E-state index in [2.05, 4.69) is 15.2 Å². The highest BCUT2D eigenvalue weighted by Crippen LogP contribution is 2.34. The van der Waals surface area contributed by atoms with Gasteiger partial charge in [-0.25, -0.2) is 0 Å². The fourth-order valence-electron chi connectivity index (χ4n) is 3.90. The smallest absolute Gasteiger partial charge is 0.288 e. The number of alkyl halides is 2. The SMILES string of the molecule is O=C(CN1CCN(c2ccc([N+](=O)[O-])c3cnccc23)CC1)Nc1ccccc1SC(F)F. The maximum atomic E-state index is 12.7.